The van der Waals surface area contributed by atoms with Crippen LogP contribution in [0, 0.1) is 6.92 Å². The monoisotopic (exact) mass is 692 g/mol. The molecule has 0 atom stereocenters. The van der Waals surface area contributed by atoms with Gasteiger partial charge in [-0.3, -0.25) is 0 Å². The van der Waals surface area contributed by atoms with Crippen molar-refractivity contribution in [3.63, 3.8) is 0 Å². The zero-order valence-corrected chi connectivity index (χ0v) is 28.7. The lowest BCUT2D eigenvalue weighted by Crippen LogP contribution is -2.11. The number of hydrogen-bond acceptors (Lipinski definition) is 1. The number of anilines is 3. The number of aromatic nitrogens is 1. The van der Waals surface area contributed by atoms with Crippen molar-refractivity contribution in [2.24, 2.45) is 0 Å². The van der Waals surface area contributed by atoms with Gasteiger partial charge in [-0.2, -0.15) is 13.2 Å². The number of halogens is 3. The molecule has 0 unspecified atom stereocenters. The van der Waals surface area contributed by atoms with Crippen LogP contribution < -0.4 is 4.90 Å². The fourth-order valence-electron chi connectivity index (χ4n) is 8.15. The standard InChI is InChI=1S/C48H31F3N2/c1-30-11-20-36(21-12-30)52(38-24-18-34(19-25-38)48(49,50)51)37-22-13-31(14-23-37)39-26-15-32-16-28-42-46-33(17-27-41(39)45(32)46)29-43-40-9-5-6-10-44(40)53(47(42)43)35-7-3-2-4-8-35/h2-29H,1H3. The third-order valence-electron chi connectivity index (χ3n) is 10.6. The Kier molecular flexibility index (Phi) is 6.89. The Morgan fingerprint density at radius 2 is 1.08 bits per heavy atom. The largest absolute Gasteiger partial charge is 0.416 e. The van der Waals surface area contributed by atoms with Crippen molar-refractivity contribution in [2.45, 2.75) is 13.1 Å². The zero-order chi connectivity index (χ0) is 35.8. The average Bonchev–Trinajstić information content (AvgIpc) is 3.52. The predicted molar refractivity (Wildman–Crippen MR) is 214 cm³/mol. The van der Waals surface area contributed by atoms with Crippen molar-refractivity contribution in [3.8, 4) is 16.8 Å². The molecule has 0 aliphatic carbocycles. The summed E-state index contributed by atoms with van der Waals surface area (Å²) >= 11 is 0. The first-order valence-corrected chi connectivity index (χ1v) is 17.7. The van der Waals surface area contributed by atoms with Gasteiger partial charge in [0.2, 0.25) is 0 Å². The van der Waals surface area contributed by atoms with Gasteiger partial charge in [-0.25, -0.2) is 0 Å². The van der Waals surface area contributed by atoms with Crippen molar-refractivity contribution >= 4 is 71.2 Å². The molecule has 0 fully saturated rings. The van der Waals surface area contributed by atoms with Crippen LogP contribution in [0.1, 0.15) is 11.1 Å². The number of nitrogens with zero attached hydrogens (tertiary/aromatic N) is 2. The predicted octanol–water partition coefficient (Wildman–Crippen LogP) is 14.1. The maximum atomic E-state index is 13.4. The Balaban J connectivity index is 1.14. The van der Waals surface area contributed by atoms with E-state index in [1.165, 1.54) is 66.3 Å². The lowest BCUT2D eigenvalue weighted by atomic mass is 9.89. The molecule has 254 valence electrons. The third kappa shape index (κ3) is 4.96. The van der Waals surface area contributed by atoms with Crippen LogP contribution in [0.25, 0.3) is 70.9 Å². The molecule has 1 heterocycles. The Morgan fingerprint density at radius 1 is 0.491 bits per heavy atom. The van der Waals surface area contributed by atoms with E-state index in [0.29, 0.717) is 5.69 Å². The van der Waals surface area contributed by atoms with Crippen molar-refractivity contribution in [1.29, 1.82) is 0 Å². The molecule has 0 aliphatic rings. The van der Waals surface area contributed by atoms with Gasteiger partial charge < -0.3 is 9.47 Å². The second-order valence-corrected chi connectivity index (χ2v) is 13.8. The smallest absolute Gasteiger partial charge is 0.311 e. The number of para-hydroxylation sites is 2. The van der Waals surface area contributed by atoms with Gasteiger partial charge in [-0.15, -0.1) is 0 Å². The van der Waals surface area contributed by atoms with Crippen LogP contribution >= 0.6 is 0 Å². The maximum absolute atomic E-state index is 13.4. The van der Waals surface area contributed by atoms with E-state index in [0.717, 1.165) is 45.9 Å². The van der Waals surface area contributed by atoms with Gasteiger partial charge in [0.1, 0.15) is 0 Å². The number of fused-ring (bicyclic) bond motifs is 4. The van der Waals surface area contributed by atoms with E-state index < -0.39 is 11.7 Å². The summed E-state index contributed by atoms with van der Waals surface area (Å²) in [7, 11) is 0. The number of benzene rings is 9. The van der Waals surface area contributed by atoms with Gasteiger partial charge in [0, 0.05) is 38.9 Å². The molecule has 10 rings (SSSR count). The molecule has 0 saturated heterocycles. The SMILES string of the molecule is Cc1ccc(N(c2ccc(-c3ccc4ccc5c6c(ccc3c46)cc3c4ccccc4n(-c4ccccc4)c35)cc2)c2ccc(C(F)(F)F)cc2)cc1. The molecule has 2 nitrogen and oxygen atoms in total. The normalized spacial score (nSPS) is 12.2. The van der Waals surface area contributed by atoms with Crippen molar-refractivity contribution in [1.82, 2.24) is 4.57 Å². The topological polar surface area (TPSA) is 8.17 Å². The van der Waals surface area contributed by atoms with Gasteiger partial charge >= 0.3 is 6.18 Å². The van der Waals surface area contributed by atoms with Crippen LogP contribution in [0.5, 0.6) is 0 Å². The van der Waals surface area contributed by atoms with Gasteiger partial charge in [-0.1, -0.05) is 103 Å². The first-order valence-electron chi connectivity index (χ1n) is 17.7. The van der Waals surface area contributed by atoms with Crippen LogP contribution in [0.2, 0.25) is 0 Å². The molecule has 1 aromatic heterocycles. The second-order valence-electron chi connectivity index (χ2n) is 13.8. The van der Waals surface area contributed by atoms with Gasteiger partial charge in [0.25, 0.3) is 0 Å². The molecule has 53 heavy (non-hydrogen) atoms. The molecule has 0 saturated carbocycles. The molecular weight excluding hydrogens is 662 g/mol. The first-order chi connectivity index (χ1) is 25.8. The molecule has 0 amide bonds. The minimum Gasteiger partial charge on any atom is -0.311 e. The lowest BCUT2D eigenvalue weighted by molar-refractivity contribution is -0.137. The van der Waals surface area contributed by atoms with Crippen LogP contribution in [0.4, 0.5) is 30.2 Å². The Hall–Kier alpha value is -6.59. The van der Waals surface area contributed by atoms with Crippen LogP contribution in [0.3, 0.4) is 0 Å². The second kappa shape index (κ2) is 11.7. The molecule has 10 aromatic rings. The minimum absolute atomic E-state index is 0.650. The van der Waals surface area contributed by atoms with Crippen LogP contribution in [0.15, 0.2) is 170 Å². The van der Waals surface area contributed by atoms with E-state index in [9.17, 15) is 13.2 Å². The molecule has 0 aliphatic heterocycles. The van der Waals surface area contributed by atoms with Gasteiger partial charge in [0.05, 0.1) is 16.6 Å². The molecule has 9 aromatic carbocycles. The maximum Gasteiger partial charge on any atom is 0.416 e. The van der Waals surface area contributed by atoms with Gasteiger partial charge in [0.15, 0.2) is 0 Å². The lowest BCUT2D eigenvalue weighted by Gasteiger charge is -2.26. The number of rotatable bonds is 5. The van der Waals surface area contributed by atoms with Gasteiger partial charge in [-0.05, 0) is 118 Å². The van der Waals surface area contributed by atoms with E-state index in [1.807, 2.05) is 48.2 Å². The summed E-state index contributed by atoms with van der Waals surface area (Å²) in [5.74, 6) is 0. The average molecular weight is 693 g/mol. The molecule has 0 radical (unpaired) electrons. The Labute approximate surface area is 303 Å². The summed E-state index contributed by atoms with van der Waals surface area (Å²) in [6, 6.07) is 56.7. The molecular formula is C48H31F3N2. The molecule has 0 N–H and O–H groups in total. The summed E-state index contributed by atoms with van der Waals surface area (Å²) < 4.78 is 42.7. The summed E-state index contributed by atoms with van der Waals surface area (Å²) in [5.41, 5.74) is 8.50. The van der Waals surface area contributed by atoms with Crippen LogP contribution in [-0.4, -0.2) is 4.57 Å². The Morgan fingerprint density at radius 3 is 1.79 bits per heavy atom. The van der Waals surface area contributed by atoms with E-state index in [4.69, 9.17) is 0 Å². The Bertz CT molecular complexity index is 2960. The number of hydrogen-bond donors (Lipinski definition) is 0. The summed E-state index contributed by atoms with van der Waals surface area (Å²) in [5, 5.41) is 9.73. The summed E-state index contributed by atoms with van der Waals surface area (Å²) in [6.07, 6.45) is -4.40. The first kappa shape index (κ1) is 31.2. The summed E-state index contributed by atoms with van der Waals surface area (Å²) in [6.45, 7) is 2.02. The summed E-state index contributed by atoms with van der Waals surface area (Å²) in [4.78, 5) is 1.99. The highest BCUT2D eigenvalue weighted by Gasteiger charge is 2.30. The molecule has 5 heteroatoms. The van der Waals surface area contributed by atoms with E-state index in [2.05, 4.69) is 114 Å². The number of aryl methyl sites for hydroxylation is 1. The van der Waals surface area contributed by atoms with Crippen LogP contribution in [-0.2, 0) is 6.18 Å². The fourth-order valence-corrected chi connectivity index (χ4v) is 8.15. The number of alkyl halides is 3. The van der Waals surface area contributed by atoms with E-state index in [1.54, 1.807) is 0 Å². The fraction of sp³-hybridized carbons (Fsp3) is 0.0417. The quantitative estimate of drug-likeness (QED) is 0.163. The highest BCUT2D eigenvalue weighted by atomic mass is 19.4. The minimum atomic E-state index is -4.40. The van der Waals surface area contributed by atoms with Crippen molar-refractivity contribution in [2.75, 3.05) is 4.90 Å². The highest BCUT2D eigenvalue weighted by Crippen LogP contribution is 2.45. The van der Waals surface area contributed by atoms with Crippen molar-refractivity contribution in [3.05, 3.63) is 181 Å². The zero-order valence-electron chi connectivity index (χ0n) is 28.7. The molecule has 0 spiro atoms. The van der Waals surface area contributed by atoms with E-state index in [-0.39, 0.29) is 0 Å². The molecule has 0 bridgehead atoms. The highest BCUT2D eigenvalue weighted by molar-refractivity contribution is 6.32. The van der Waals surface area contributed by atoms with E-state index >= 15 is 0 Å². The van der Waals surface area contributed by atoms with Crippen molar-refractivity contribution < 1.29 is 13.2 Å². The third-order valence-corrected chi connectivity index (χ3v) is 10.6.